The van der Waals surface area contributed by atoms with E-state index in [4.69, 9.17) is 23.5 Å². The van der Waals surface area contributed by atoms with Crippen LogP contribution in [0.1, 0.15) is 21.1 Å². The lowest BCUT2D eigenvalue weighted by atomic mass is 9.97. The number of carboxylic acids is 1. The number of nitrogens with two attached hydrogens (primary N) is 2. The molecule has 0 aromatic heterocycles. The summed E-state index contributed by atoms with van der Waals surface area (Å²) in [6, 6.07) is 0. The molecule has 0 heterocycles. The van der Waals surface area contributed by atoms with Crippen LogP contribution < -0.4 is 11.5 Å². The number of carbonyl (C=O) groups is 1. The van der Waals surface area contributed by atoms with Crippen LogP contribution in [0.5, 0.6) is 0 Å². The third-order valence-corrected chi connectivity index (χ3v) is 1.51. The summed E-state index contributed by atoms with van der Waals surface area (Å²) in [5, 5.41) is 11.9. The number of rotatable bonds is 5. The first-order valence-corrected chi connectivity index (χ1v) is 3.57. The van der Waals surface area contributed by atoms with Gasteiger partial charge in [0.05, 0.1) is 6.17 Å². The molecule has 0 aliphatic carbocycles. The summed E-state index contributed by atoms with van der Waals surface area (Å²) in [6.45, 7) is -0.439. The maximum Gasteiger partial charge on any atom is 0.323 e. The van der Waals surface area contributed by atoms with Crippen molar-refractivity contribution in [2.75, 3.05) is 0 Å². The van der Waals surface area contributed by atoms with Gasteiger partial charge in [0.2, 0.25) is 0 Å². The molecule has 0 aliphatic rings. The minimum Gasteiger partial charge on any atom is -0.480 e. The van der Waals surface area contributed by atoms with Crippen LogP contribution in [0.15, 0.2) is 5.11 Å². The van der Waals surface area contributed by atoms with Gasteiger partial charge in [-0.3, -0.25) is 4.79 Å². The smallest absolute Gasteiger partial charge is 0.323 e. The molecule has 0 saturated carbocycles. The Balaban J connectivity index is 4.21. The maximum absolute atomic E-state index is 10.6. The molecule has 1 unspecified atom stereocenters. The molecule has 2 atom stereocenters. The predicted molar refractivity (Wildman–Crippen MR) is 46.6 cm³/mol. The molecule has 0 rings (SSSR count). The largest absolute Gasteiger partial charge is 0.480 e. The zero-order valence-corrected chi connectivity index (χ0v) is 7.05. The van der Waals surface area contributed by atoms with Crippen LogP contribution in [0.2, 0.25) is 0 Å². The lowest BCUT2D eigenvalue weighted by Gasteiger charge is -2.19. The van der Waals surface area contributed by atoms with Gasteiger partial charge in [0, 0.05) is 6.28 Å². The molecule has 0 fully saturated rings. The number of carboxylic acid groups (broad SMARTS) is 1. The highest BCUT2D eigenvalue weighted by atomic mass is 16.4. The average molecular weight is 188 g/mol. The van der Waals surface area contributed by atoms with E-state index in [1.165, 1.54) is 0 Å². The van der Waals surface area contributed by atoms with Crippen LogP contribution in [0, 0.1) is 0 Å². The summed E-state index contributed by atoms with van der Waals surface area (Å²) in [5.74, 6) is -1.25. The van der Waals surface area contributed by atoms with Crippen LogP contribution in [-0.2, 0) is 4.79 Å². The lowest BCUT2D eigenvalue weighted by molar-refractivity contribution is -0.142. The van der Waals surface area contributed by atoms with E-state index in [9.17, 15) is 4.79 Å². The Bertz CT molecular complexity index is 255. The van der Waals surface area contributed by atoms with Crippen molar-refractivity contribution in [3.8, 4) is 0 Å². The highest BCUT2D eigenvalue weighted by Gasteiger charge is 2.27. The third-order valence-electron chi connectivity index (χ3n) is 1.51. The molecule has 0 spiro atoms. The van der Waals surface area contributed by atoms with Crippen molar-refractivity contribution in [2.24, 2.45) is 16.6 Å². The Morgan fingerprint density at radius 1 is 2.00 bits per heavy atom. The summed E-state index contributed by atoms with van der Waals surface area (Å²) in [5.41, 5.74) is 17.1. The first-order chi connectivity index (χ1) is 6.46. The van der Waals surface area contributed by atoms with Gasteiger partial charge in [-0.05, 0) is 25.3 Å². The average Bonchev–Trinajstić information content (AvgIpc) is 2.14. The molecule has 0 saturated heterocycles. The topological polar surface area (TPSA) is 138 Å². The van der Waals surface area contributed by atoms with Crippen LogP contribution in [0.25, 0.3) is 10.4 Å². The van der Waals surface area contributed by atoms with Crippen molar-refractivity contribution in [2.45, 2.75) is 31.4 Å². The normalized spacial score (nSPS) is 17.8. The number of nitrogens with zero attached hydrogens (tertiary/aromatic N) is 3. The number of aliphatic carboxylic acids is 1. The van der Waals surface area contributed by atoms with E-state index in [-0.39, 0.29) is 12.8 Å². The summed E-state index contributed by atoms with van der Waals surface area (Å²) < 4.78 is 6.98. The zero-order chi connectivity index (χ0) is 11.2. The van der Waals surface area contributed by atoms with Gasteiger partial charge in [0.15, 0.2) is 0 Å². The summed E-state index contributed by atoms with van der Waals surface area (Å²) in [6.07, 6.45) is -0.647. The number of hydrogen-bond donors (Lipinski definition) is 3. The summed E-state index contributed by atoms with van der Waals surface area (Å²) in [7, 11) is 0. The van der Waals surface area contributed by atoms with E-state index < -0.39 is 24.6 Å². The zero-order valence-electron chi connectivity index (χ0n) is 8.05. The second-order valence-electron chi connectivity index (χ2n) is 2.77. The van der Waals surface area contributed by atoms with E-state index in [2.05, 4.69) is 10.0 Å². The lowest BCUT2D eigenvalue weighted by Crippen LogP contribution is -2.45. The SMILES string of the molecule is [2H]C[C@](N)(CCC(N)N=[N+]=[N-])C(=O)O. The van der Waals surface area contributed by atoms with E-state index in [1.54, 1.807) is 0 Å². The Morgan fingerprint density at radius 3 is 3.00 bits per heavy atom. The fourth-order valence-electron chi connectivity index (χ4n) is 0.636. The van der Waals surface area contributed by atoms with Gasteiger partial charge in [-0.2, -0.15) is 0 Å². The van der Waals surface area contributed by atoms with Gasteiger partial charge < -0.3 is 16.6 Å². The minimum absolute atomic E-state index is 0.00597. The van der Waals surface area contributed by atoms with Crippen molar-refractivity contribution in [1.29, 1.82) is 0 Å². The van der Waals surface area contributed by atoms with Crippen LogP contribution >= 0.6 is 0 Å². The van der Waals surface area contributed by atoms with Crippen molar-refractivity contribution >= 4 is 5.97 Å². The fourth-order valence-corrected chi connectivity index (χ4v) is 0.636. The molecule has 0 bridgehead atoms. The van der Waals surface area contributed by atoms with Gasteiger partial charge in [-0.25, -0.2) is 0 Å². The van der Waals surface area contributed by atoms with E-state index >= 15 is 0 Å². The molecule has 13 heavy (non-hydrogen) atoms. The molecule has 0 aromatic rings. The molecular weight excluding hydrogens is 174 g/mol. The molecule has 0 radical (unpaired) electrons. The minimum atomic E-state index is -1.61. The molecule has 7 nitrogen and oxygen atoms in total. The number of hydrogen-bond acceptors (Lipinski definition) is 4. The Morgan fingerprint density at radius 2 is 2.62 bits per heavy atom. The van der Waals surface area contributed by atoms with Gasteiger partial charge in [0.25, 0.3) is 0 Å². The van der Waals surface area contributed by atoms with Crippen molar-refractivity contribution in [3.63, 3.8) is 0 Å². The van der Waals surface area contributed by atoms with Crippen LogP contribution in [0.3, 0.4) is 0 Å². The fraction of sp³-hybridized carbons (Fsp3) is 0.833. The Hall–Kier alpha value is -1.30. The van der Waals surface area contributed by atoms with Gasteiger partial charge in [0.1, 0.15) is 5.54 Å². The monoisotopic (exact) mass is 188 g/mol. The molecule has 0 aromatic carbocycles. The first-order valence-electron chi connectivity index (χ1n) is 4.28. The van der Waals surface area contributed by atoms with Gasteiger partial charge in [-0.15, -0.1) is 0 Å². The quantitative estimate of drug-likeness (QED) is 0.321. The van der Waals surface area contributed by atoms with Crippen molar-refractivity contribution < 1.29 is 11.3 Å². The third kappa shape index (κ3) is 4.32. The highest BCUT2D eigenvalue weighted by molar-refractivity contribution is 5.77. The van der Waals surface area contributed by atoms with E-state index in [0.29, 0.717) is 0 Å². The number of azide groups is 1. The Labute approximate surface area is 76.7 Å². The van der Waals surface area contributed by atoms with Crippen LogP contribution in [-0.4, -0.2) is 22.8 Å². The Kier molecular flexibility index (Phi) is 3.51. The van der Waals surface area contributed by atoms with Crippen molar-refractivity contribution in [3.05, 3.63) is 10.4 Å². The second-order valence-corrected chi connectivity index (χ2v) is 2.77. The molecular formula is C6H13N5O2. The maximum atomic E-state index is 10.6. The van der Waals surface area contributed by atoms with E-state index in [0.717, 1.165) is 0 Å². The molecule has 0 amide bonds. The highest BCUT2D eigenvalue weighted by Crippen LogP contribution is 2.10. The van der Waals surface area contributed by atoms with Crippen LogP contribution in [0.4, 0.5) is 0 Å². The summed E-state index contributed by atoms with van der Waals surface area (Å²) in [4.78, 5) is 13.1. The standard InChI is InChI=1S/C6H13N5O2/c1-6(8,5(12)13)3-2-4(7)10-11-9/h4H,2-3,7-8H2,1H3,(H,12,13)/t4?,6-/m0/s1/i1D. The van der Waals surface area contributed by atoms with Gasteiger partial charge >= 0.3 is 5.97 Å². The molecule has 5 N–H and O–H groups in total. The molecule has 74 valence electrons. The van der Waals surface area contributed by atoms with Gasteiger partial charge in [-0.1, -0.05) is 5.11 Å². The second kappa shape index (κ2) is 4.66. The van der Waals surface area contributed by atoms with Crippen molar-refractivity contribution in [1.82, 2.24) is 0 Å². The molecule has 0 aliphatic heterocycles. The summed E-state index contributed by atoms with van der Waals surface area (Å²) >= 11 is 0. The molecule has 7 heteroatoms. The predicted octanol–water partition coefficient (Wildman–Crippen LogP) is 0.164. The van der Waals surface area contributed by atoms with E-state index in [1.807, 2.05) is 0 Å². The first kappa shape index (κ1) is 9.79.